The Labute approximate surface area is 77.5 Å². The van der Waals surface area contributed by atoms with Gasteiger partial charge in [-0.05, 0) is 30.4 Å². The summed E-state index contributed by atoms with van der Waals surface area (Å²) >= 11 is 0. The second-order valence-corrected chi connectivity index (χ2v) is 3.64. The third-order valence-corrected chi connectivity index (χ3v) is 2.72. The van der Waals surface area contributed by atoms with Crippen LogP contribution in [-0.2, 0) is 0 Å². The maximum absolute atomic E-state index is 8.84. The van der Waals surface area contributed by atoms with E-state index in [9.17, 15) is 0 Å². The van der Waals surface area contributed by atoms with E-state index in [-0.39, 0.29) is 5.66 Å². The van der Waals surface area contributed by atoms with Crippen molar-refractivity contribution in [2.75, 3.05) is 0 Å². The molecule has 1 aliphatic rings. The average molecular weight is 180 g/mol. The molecule has 0 aliphatic heterocycles. The normalized spacial score (nSPS) is 18.0. The molecule has 0 aromatic carbocycles. The van der Waals surface area contributed by atoms with Crippen LogP contribution in [0.1, 0.15) is 37.2 Å². The SMILES string of the molecule is OB(O)c1cc(C2CCCC2)co1. The molecule has 0 bridgehead atoms. The topological polar surface area (TPSA) is 53.6 Å². The van der Waals surface area contributed by atoms with Crippen molar-refractivity contribution in [1.29, 1.82) is 0 Å². The molecule has 70 valence electrons. The Kier molecular flexibility index (Phi) is 2.42. The molecular weight excluding hydrogens is 167 g/mol. The Balaban J connectivity index is 2.12. The number of furan rings is 1. The predicted octanol–water partition coefficient (Wildman–Crippen LogP) is 0.617. The van der Waals surface area contributed by atoms with Crippen LogP contribution in [0, 0.1) is 0 Å². The van der Waals surface area contributed by atoms with Gasteiger partial charge in [0.05, 0.1) is 6.26 Å². The molecule has 1 fully saturated rings. The van der Waals surface area contributed by atoms with Gasteiger partial charge in [-0.2, -0.15) is 0 Å². The van der Waals surface area contributed by atoms with Crippen molar-refractivity contribution in [2.45, 2.75) is 31.6 Å². The fraction of sp³-hybridized carbons (Fsp3) is 0.556. The molecule has 0 amide bonds. The first-order valence-electron chi connectivity index (χ1n) is 4.72. The van der Waals surface area contributed by atoms with Crippen molar-refractivity contribution >= 4 is 12.8 Å². The zero-order chi connectivity index (χ0) is 9.26. The number of hydrogen-bond acceptors (Lipinski definition) is 3. The summed E-state index contributed by atoms with van der Waals surface area (Å²) in [7, 11) is -1.48. The van der Waals surface area contributed by atoms with Gasteiger partial charge in [0, 0.05) is 0 Å². The maximum atomic E-state index is 8.84. The highest BCUT2D eigenvalue weighted by molar-refractivity contribution is 6.57. The first-order chi connectivity index (χ1) is 6.27. The average Bonchev–Trinajstić information content (AvgIpc) is 2.75. The van der Waals surface area contributed by atoms with Gasteiger partial charge in [-0.15, -0.1) is 0 Å². The zero-order valence-electron chi connectivity index (χ0n) is 7.44. The van der Waals surface area contributed by atoms with Crippen LogP contribution in [0.3, 0.4) is 0 Å². The van der Waals surface area contributed by atoms with Crippen LogP contribution in [0.4, 0.5) is 0 Å². The number of hydrogen-bond donors (Lipinski definition) is 2. The minimum atomic E-state index is -1.48. The van der Waals surface area contributed by atoms with Crippen molar-refractivity contribution in [2.24, 2.45) is 0 Å². The fourth-order valence-electron chi connectivity index (χ4n) is 1.98. The van der Waals surface area contributed by atoms with Crippen molar-refractivity contribution < 1.29 is 14.5 Å². The molecule has 2 N–H and O–H groups in total. The van der Waals surface area contributed by atoms with E-state index in [1.165, 1.54) is 25.7 Å². The summed E-state index contributed by atoms with van der Waals surface area (Å²) in [5, 5.41) is 17.7. The van der Waals surface area contributed by atoms with Crippen LogP contribution in [0.2, 0.25) is 0 Å². The minimum Gasteiger partial charge on any atom is -0.473 e. The smallest absolute Gasteiger partial charge is 0.473 e. The van der Waals surface area contributed by atoms with Gasteiger partial charge in [-0.3, -0.25) is 0 Å². The monoisotopic (exact) mass is 180 g/mol. The minimum absolute atomic E-state index is 0.252. The van der Waals surface area contributed by atoms with Gasteiger partial charge >= 0.3 is 7.12 Å². The molecule has 2 rings (SSSR count). The molecule has 1 heterocycles. The van der Waals surface area contributed by atoms with Crippen molar-refractivity contribution in [1.82, 2.24) is 0 Å². The summed E-state index contributed by atoms with van der Waals surface area (Å²) in [6, 6.07) is 1.75. The van der Waals surface area contributed by atoms with Gasteiger partial charge in [0.25, 0.3) is 0 Å². The fourth-order valence-corrected chi connectivity index (χ4v) is 1.98. The van der Waals surface area contributed by atoms with Crippen LogP contribution in [-0.4, -0.2) is 17.2 Å². The standard InChI is InChI=1S/C9H13BO3/c11-10(12)9-5-8(6-13-9)7-3-1-2-4-7/h5-7,11-12H,1-4H2. The molecule has 0 radical (unpaired) electrons. The lowest BCUT2D eigenvalue weighted by Crippen LogP contribution is -2.28. The molecule has 0 spiro atoms. The first kappa shape index (κ1) is 8.85. The first-order valence-corrected chi connectivity index (χ1v) is 4.72. The summed E-state index contributed by atoms with van der Waals surface area (Å²) in [4.78, 5) is 0. The van der Waals surface area contributed by atoms with Crippen molar-refractivity contribution in [3.8, 4) is 0 Å². The van der Waals surface area contributed by atoms with Gasteiger partial charge in [0.1, 0.15) is 5.66 Å². The summed E-state index contributed by atoms with van der Waals surface area (Å²) in [5.74, 6) is 0.566. The van der Waals surface area contributed by atoms with Gasteiger partial charge in [-0.1, -0.05) is 12.8 Å². The molecule has 1 aliphatic carbocycles. The van der Waals surface area contributed by atoms with E-state index in [0.717, 1.165) is 5.56 Å². The molecule has 0 atom stereocenters. The molecule has 4 heteroatoms. The van der Waals surface area contributed by atoms with Crippen LogP contribution in [0.5, 0.6) is 0 Å². The van der Waals surface area contributed by atoms with Gasteiger partial charge in [0.2, 0.25) is 0 Å². The van der Waals surface area contributed by atoms with Crippen LogP contribution < -0.4 is 5.66 Å². The predicted molar refractivity (Wildman–Crippen MR) is 49.7 cm³/mol. The van der Waals surface area contributed by atoms with E-state index in [0.29, 0.717) is 5.92 Å². The largest absolute Gasteiger partial charge is 0.526 e. The van der Waals surface area contributed by atoms with Gasteiger partial charge in [0.15, 0.2) is 0 Å². The highest BCUT2D eigenvalue weighted by Crippen LogP contribution is 2.33. The van der Waals surface area contributed by atoms with Gasteiger partial charge in [-0.25, -0.2) is 0 Å². The summed E-state index contributed by atoms with van der Waals surface area (Å²) in [5.41, 5.74) is 1.36. The van der Waals surface area contributed by atoms with Crippen molar-refractivity contribution in [3.63, 3.8) is 0 Å². The van der Waals surface area contributed by atoms with Crippen molar-refractivity contribution in [3.05, 3.63) is 17.9 Å². The quantitative estimate of drug-likeness (QED) is 0.655. The van der Waals surface area contributed by atoms with E-state index in [2.05, 4.69) is 0 Å². The van der Waals surface area contributed by atoms with Crippen LogP contribution >= 0.6 is 0 Å². The summed E-state index contributed by atoms with van der Waals surface area (Å²) in [6.45, 7) is 0. The number of rotatable bonds is 2. The molecule has 0 unspecified atom stereocenters. The summed E-state index contributed by atoms with van der Waals surface area (Å²) in [6.07, 6.45) is 6.57. The third-order valence-electron chi connectivity index (χ3n) is 2.72. The molecular formula is C9H13BO3. The lowest BCUT2D eigenvalue weighted by Gasteiger charge is -2.02. The van der Waals surface area contributed by atoms with E-state index < -0.39 is 7.12 Å². The van der Waals surface area contributed by atoms with Crippen LogP contribution in [0.15, 0.2) is 16.7 Å². The Morgan fingerprint density at radius 3 is 2.54 bits per heavy atom. The molecule has 1 aromatic heterocycles. The van der Waals surface area contributed by atoms with E-state index in [1.807, 2.05) is 0 Å². The van der Waals surface area contributed by atoms with Gasteiger partial charge < -0.3 is 14.5 Å². The molecule has 1 aromatic rings. The Hall–Kier alpha value is -0.735. The second kappa shape index (κ2) is 3.56. The van der Waals surface area contributed by atoms with E-state index in [4.69, 9.17) is 14.5 Å². The highest BCUT2D eigenvalue weighted by Gasteiger charge is 2.22. The highest BCUT2D eigenvalue weighted by atomic mass is 16.4. The third kappa shape index (κ3) is 1.79. The second-order valence-electron chi connectivity index (χ2n) is 3.64. The molecule has 0 saturated heterocycles. The van der Waals surface area contributed by atoms with E-state index >= 15 is 0 Å². The Morgan fingerprint density at radius 2 is 2.00 bits per heavy atom. The van der Waals surface area contributed by atoms with Crippen LogP contribution in [0.25, 0.3) is 0 Å². The zero-order valence-corrected chi connectivity index (χ0v) is 7.44. The Bertz CT molecular complexity index is 276. The lowest BCUT2D eigenvalue weighted by atomic mass is 9.86. The van der Waals surface area contributed by atoms with E-state index in [1.54, 1.807) is 12.3 Å². The summed E-state index contributed by atoms with van der Waals surface area (Å²) < 4.78 is 5.04. The lowest BCUT2D eigenvalue weighted by molar-refractivity contribution is 0.409. The molecule has 3 nitrogen and oxygen atoms in total. The molecule has 13 heavy (non-hydrogen) atoms. The Morgan fingerprint density at radius 1 is 1.31 bits per heavy atom. The maximum Gasteiger partial charge on any atom is 0.526 e. The molecule has 1 saturated carbocycles.